The summed E-state index contributed by atoms with van der Waals surface area (Å²) in [5.74, 6) is 0.862. The average Bonchev–Trinajstić information content (AvgIpc) is 2.66. The summed E-state index contributed by atoms with van der Waals surface area (Å²) >= 11 is 0. The maximum Gasteiger partial charge on any atom is 0.150 e. The molecule has 0 spiro atoms. The molecule has 0 amide bonds. The highest BCUT2D eigenvalue weighted by Gasteiger charge is 2.33. The topological polar surface area (TPSA) is 46.2 Å². The number of rotatable bonds is 4. The van der Waals surface area contributed by atoms with Crippen LogP contribution in [0.25, 0.3) is 0 Å². The summed E-state index contributed by atoms with van der Waals surface area (Å²) in [6.07, 6.45) is 0.772. The fourth-order valence-electron chi connectivity index (χ4n) is 2.73. The van der Waals surface area contributed by atoms with Crippen LogP contribution in [-0.2, 0) is 9.84 Å². The van der Waals surface area contributed by atoms with Gasteiger partial charge in [0.2, 0.25) is 0 Å². The first-order chi connectivity index (χ1) is 8.52. The van der Waals surface area contributed by atoms with Crippen molar-refractivity contribution < 1.29 is 8.42 Å². The molecule has 100 valence electrons. The molecule has 0 bridgehead atoms. The van der Waals surface area contributed by atoms with Gasteiger partial charge in [-0.1, -0.05) is 36.8 Å². The number of sulfone groups is 1. The van der Waals surface area contributed by atoms with Crippen molar-refractivity contribution in [3.8, 4) is 0 Å². The minimum Gasteiger partial charge on any atom is -0.310 e. The Labute approximate surface area is 110 Å². The second-order valence-corrected chi connectivity index (χ2v) is 7.34. The largest absolute Gasteiger partial charge is 0.310 e. The molecule has 1 N–H and O–H groups in total. The third-order valence-electron chi connectivity index (χ3n) is 3.56. The summed E-state index contributed by atoms with van der Waals surface area (Å²) in [6, 6.07) is 8.51. The van der Waals surface area contributed by atoms with E-state index < -0.39 is 9.84 Å². The van der Waals surface area contributed by atoms with E-state index in [2.05, 4.69) is 37.4 Å². The quantitative estimate of drug-likeness (QED) is 0.908. The Kier molecular flexibility index (Phi) is 4.07. The van der Waals surface area contributed by atoms with Gasteiger partial charge in [-0.15, -0.1) is 0 Å². The van der Waals surface area contributed by atoms with E-state index in [0.717, 1.165) is 13.0 Å². The molecule has 4 heteroatoms. The van der Waals surface area contributed by atoms with Gasteiger partial charge in [-0.05, 0) is 31.4 Å². The maximum atomic E-state index is 11.6. The molecular formula is C14H21NO2S. The lowest BCUT2D eigenvalue weighted by atomic mass is 9.91. The molecule has 1 aliphatic rings. The Morgan fingerprint density at radius 3 is 2.78 bits per heavy atom. The molecule has 2 atom stereocenters. The van der Waals surface area contributed by atoms with Crippen LogP contribution in [0, 0.1) is 12.8 Å². The van der Waals surface area contributed by atoms with Crippen LogP contribution < -0.4 is 5.32 Å². The van der Waals surface area contributed by atoms with Gasteiger partial charge in [0, 0.05) is 6.04 Å². The fraction of sp³-hybridized carbons (Fsp3) is 0.571. The first kappa shape index (κ1) is 13.6. The number of benzene rings is 1. The van der Waals surface area contributed by atoms with Crippen molar-refractivity contribution in [1.29, 1.82) is 0 Å². The molecule has 1 heterocycles. The van der Waals surface area contributed by atoms with Gasteiger partial charge < -0.3 is 5.32 Å². The zero-order chi connectivity index (χ0) is 13.2. The molecule has 1 aromatic rings. The van der Waals surface area contributed by atoms with Crippen molar-refractivity contribution in [2.75, 3.05) is 18.1 Å². The summed E-state index contributed by atoms with van der Waals surface area (Å²) in [4.78, 5) is 0. The number of hydrogen-bond donors (Lipinski definition) is 1. The standard InChI is InChI=1S/C14H21NO2S/c1-3-15-14(12-6-4-5-11(2)9-12)13-7-8-18(16,17)10-13/h4-6,9,13-15H,3,7-8,10H2,1-2H3. The van der Waals surface area contributed by atoms with Crippen molar-refractivity contribution in [1.82, 2.24) is 5.32 Å². The lowest BCUT2D eigenvalue weighted by Crippen LogP contribution is -2.29. The molecule has 2 rings (SSSR count). The maximum absolute atomic E-state index is 11.6. The molecule has 3 nitrogen and oxygen atoms in total. The molecular weight excluding hydrogens is 246 g/mol. The highest BCUT2D eigenvalue weighted by atomic mass is 32.2. The molecule has 0 radical (unpaired) electrons. The van der Waals surface area contributed by atoms with Gasteiger partial charge in [-0.2, -0.15) is 0 Å². The highest BCUT2D eigenvalue weighted by Crippen LogP contribution is 2.31. The molecule has 2 unspecified atom stereocenters. The summed E-state index contributed by atoms with van der Waals surface area (Å²) in [5.41, 5.74) is 2.43. The van der Waals surface area contributed by atoms with Crippen molar-refractivity contribution in [2.24, 2.45) is 5.92 Å². The van der Waals surface area contributed by atoms with E-state index in [9.17, 15) is 8.42 Å². The third kappa shape index (κ3) is 3.12. The third-order valence-corrected chi connectivity index (χ3v) is 5.36. The molecule has 1 fully saturated rings. The Bertz CT molecular complexity index is 510. The Balaban J connectivity index is 2.24. The van der Waals surface area contributed by atoms with Crippen LogP contribution >= 0.6 is 0 Å². The Morgan fingerprint density at radius 1 is 1.44 bits per heavy atom. The molecule has 0 saturated carbocycles. The summed E-state index contributed by atoms with van der Waals surface area (Å²) in [7, 11) is -2.82. The van der Waals surface area contributed by atoms with Crippen LogP contribution in [0.15, 0.2) is 24.3 Å². The van der Waals surface area contributed by atoms with E-state index in [0.29, 0.717) is 11.5 Å². The van der Waals surface area contributed by atoms with Gasteiger partial charge in [0.15, 0.2) is 9.84 Å². The molecule has 1 saturated heterocycles. The highest BCUT2D eigenvalue weighted by molar-refractivity contribution is 7.91. The van der Waals surface area contributed by atoms with E-state index in [-0.39, 0.29) is 12.0 Å². The van der Waals surface area contributed by atoms with E-state index in [1.54, 1.807) is 0 Å². The molecule has 1 aliphatic heterocycles. The second kappa shape index (κ2) is 5.41. The van der Waals surface area contributed by atoms with Gasteiger partial charge in [0.1, 0.15) is 0 Å². The van der Waals surface area contributed by atoms with Crippen molar-refractivity contribution in [3.63, 3.8) is 0 Å². The van der Waals surface area contributed by atoms with Gasteiger partial charge in [-0.3, -0.25) is 0 Å². The number of aryl methyl sites for hydroxylation is 1. The molecule has 0 aliphatic carbocycles. The average molecular weight is 267 g/mol. The normalized spacial score (nSPS) is 24.0. The Morgan fingerprint density at radius 2 is 2.22 bits per heavy atom. The Hall–Kier alpha value is -0.870. The van der Waals surface area contributed by atoms with Crippen molar-refractivity contribution in [2.45, 2.75) is 26.3 Å². The van der Waals surface area contributed by atoms with Crippen LogP contribution in [0.1, 0.15) is 30.5 Å². The monoisotopic (exact) mass is 267 g/mol. The lowest BCUT2D eigenvalue weighted by molar-refractivity contribution is 0.400. The number of hydrogen-bond acceptors (Lipinski definition) is 3. The smallest absolute Gasteiger partial charge is 0.150 e. The minimum absolute atomic E-state index is 0.159. The van der Waals surface area contributed by atoms with Crippen LogP contribution in [0.3, 0.4) is 0 Å². The first-order valence-electron chi connectivity index (χ1n) is 6.52. The second-order valence-electron chi connectivity index (χ2n) is 5.11. The van der Waals surface area contributed by atoms with Crippen molar-refractivity contribution >= 4 is 9.84 Å². The van der Waals surface area contributed by atoms with Crippen LogP contribution in [0.2, 0.25) is 0 Å². The van der Waals surface area contributed by atoms with E-state index in [4.69, 9.17) is 0 Å². The van der Waals surface area contributed by atoms with Crippen LogP contribution in [-0.4, -0.2) is 26.5 Å². The van der Waals surface area contributed by atoms with E-state index in [1.807, 2.05) is 6.07 Å². The fourth-order valence-corrected chi connectivity index (χ4v) is 4.57. The van der Waals surface area contributed by atoms with Crippen LogP contribution in [0.4, 0.5) is 0 Å². The van der Waals surface area contributed by atoms with Gasteiger partial charge in [-0.25, -0.2) is 8.42 Å². The molecule has 18 heavy (non-hydrogen) atoms. The van der Waals surface area contributed by atoms with Crippen molar-refractivity contribution in [3.05, 3.63) is 35.4 Å². The zero-order valence-corrected chi connectivity index (χ0v) is 11.8. The van der Waals surface area contributed by atoms with E-state index in [1.165, 1.54) is 11.1 Å². The predicted octanol–water partition coefficient (Wildman–Crippen LogP) is 2.08. The summed E-state index contributed by atoms with van der Waals surface area (Å²) in [5, 5.41) is 3.44. The summed E-state index contributed by atoms with van der Waals surface area (Å²) in [6.45, 7) is 4.99. The molecule has 0 aromatic heterocycles. The summed E-state index contributed by atoms with van der Waals surface area (Å²) < 4.78 is 23.2. The van der Waals surface area contributed by atoms with E-state index >= 15 is 0 Å². The first-order valence-corrected chi connectivity index (χ1v) is 8.34. The van der Waals surface area contributed by atoms with Gasteiger partial charge >= 0.3 is 0 Å². The minimum atomic E-state index is -2.82. The zero-order valence-electron chi connectivity index (χ0n) is 11.0. The van der Waals surface area contributed by atoms with Gasteiger partial charge in [0.05, 0.1) is 11.5 Å². The SMILES string of the molecule is CCNC(c1cccc(C)c1)C1CCS(=O)(=O)C1. The lowest BCUT2D eigenvalue weighted by Gasteiger charge is -2.24. The predicted molar refractivity (Wildman–Crippen MR) is 74.4 cm³/mol. The van der Waals surface area contributed by atoms with Crippen LogP contribution in [0.5, 0.6) is 0 Å². The van der Waals surface area contributed by atoms with Gasteiger partial charge in [0.25, 0.3) is 0 Å². The number of nitrogens with one attached hydrogen (secondary N) is 1. The molecule has 1 aromatic carbocycles.